The first-order valence-electron chi connectivity index (χ1n) is 8.63. The molecule has 0 bridgehead atoms. The lowest BCUT2D eigenvalue weighted by Crippen LogP contribution is -2.31. The van der Waals surface area contributed by atoms with Gasteiger partial charge < -0.3 is 16.0 Å². The first-order chi connectivity index (χ1) is 12.2. The lowest BCUT2D eigenvalue weighted by atomic mass is 9.92. The Hall–Kier alpha value is -2.18. The van der Waals surface area contributed by atoms with Crippen LogP contribution in [0, 0.1) is 11.3 Å². The number of benzene rings is 1. The maximum atomic E-state index is 12.7. The fraction of sp³-hybridized carbons (Fsp3) is 0.368. The highest BCUT2D eigenvalue weighted by atomic mass is 32.1. The third-order valence-electron chi connectivity index (χ3n) is 5.28. The molecule has 1 aromatic carbocycles. The van der Waals surface area contributed by atoms with Gasteiger partial charge in [0, 0.05) is 5.92 Å². The van der Waals surface area contributed by atoms with Gasteiger partial charge >= 0.3 is 0 Å². The summed E-state index contributed by atoms with van der Waals surface area (Å²) in [5.41, 5.74) is 1.49. The van der Waals surface area contributed by atoms with E-state index in [1.54, 1.807) is 6.07 Å². The summed E-state index contributed by atoms with van der Waals surface area (Å²) >= 11 is 1.39. The number of carbonyl (C=O) groups excluding carboxylic acids is 2. The van der Waals surface area contributed by atoms with E-state index in [9.17, 15) is 9.59 Å². The average molecular weight is 355 g/mol. The van der Waals surface area contributed by atoms with Gasteiger partial charge in [-0.2, -0.15) is 0 Å². The van der Waals surface area contributed by atoms with Gasteiger partial charge in [0.2, 0.25) is 5.91 Å². The fourth-order valence-corrected chi connectivity index (χ4v) is 4.33. The van der Waals surface area contributed by atoms with Crippen molar-refractivity contribution in [2.45, 2.75) is 19.3 Å². The molecule has 1 unspecified atom stereocenters. The summed E-state index contributed by atoms with van der Waals surface area (Å²) < 4.78 is 0. The number of thiophene rings is 1. The highest BCUT2D eigenvalue weighted by Gasteiger charge is 2.57. The van der Waals surface area contributed by atoms with Gasteiger partial charge in [0.05, 0.1) is 16.3 Å². The number of hydrogen-bond donors (Lipinski definition) is 3. The minimum absolute atomic E-state index is 0.0692. The number of anilines is 2. The third-order valence-corrected chi connectivity index (χ3v) is 6.15. The van der Waals surface area contributed by atoms with Crippen molar-refractivity contribution in [3.8, 4) is 0 Å². The molecule has 130 valence electrons. The van der Waals surface area contributed by atoms with E-state index in [1.807, 2.05) is 35.7 Å². The second kappa shape index (κ2) is 6.61. The normalized spacial score (nSPS) is 20.9. The molecule has 25 heavy (non-hydrogen) atoms. The lowest BCUT2D eigenvalue weighted by Gasteiger charge is -2.23. The van der Waals surface area contributed by atoms with Gasteiger partial charge in [0.1, 0.15) is 0 Å². The van der Waals surface area contributed by atoms with Crippen LogP contribution in [0.3, 0.4) is 0 Å². The molecule has 0 radical (unpaired) electrons. The average Bonchev–Trinajstić information content (AvgIpc) is 3.07. The zero-order chi connectivity index (χ0) is 17.3. The molecule has 1 aliphatic heterocycles. The second-order valence-corrected chi connectivity index (χ2v) is 7.78. The molecule has 2 fully saturated rings. The van der Waals surface area contributed by atoms with Crippen molar-refractivity contribution in [2.75, 3.05) is 23.7 Å². The van der Waals surface area contributed by atoms with Crippen LogP contribution in [0.5, 0.6) is 0 Å². The van der Waals surface area contributed by atoms with E-state index < -0.39 is 0 Å². The van der Waals surface area contributed by atoms with E-state index in [4.69, 9.17) is 0 Å². The summed E-state index contributed by atoms with van der Waals surface area (Å²) in [5.74, 6) is 0.00771. The number of amides is 2. The van der Waals surface area contributed by atoms with Crippen molar-refractivity contribution in [3.05, 3.63) is 46.7 Å². The standard InChI is InChI=1S/C19H21N3O2S/c23-17(13-12-19(13)7-9-20-10-8-19)21-14-4-1-2-5-15(14)22-18(24)16-6-3-11-25-16/h1-6,11,13,20H,7-10,12H2,(H,21,23)(H,22,24). The third kappa shape index (κ3) is 3.32. The molecule has 1 aliphatic carbocycles. The Morgan fingerprint density at radius 3 is 2.44 bits per heavy atom. The highest BCUT2D eigenvalue weighted by molar-refractivity contribution is 7.12. The topological polar surface area (TPSA) is 70.2 Å². The van der Waals surface area contributed by atoms with Crippen molar-refractivity contribution in [1.29, 1.82) is 0 Å². The van der Waals surface area contributed by atoms with Crippen molar-refractivity contribution >= 4 is 34.5 Å². The molecule has 2 heterocycles. The number of carbonyl (C=O) groups is 2. The molecule has 3 N–H and O–H groups in total. The predicted molar refractivity (Wildman–Crippen MR) is 100.0 cm³/mol. The van der Waals surface area contributed by atoms with Crippen LogP contribution in [0.4, 0.5) is 11.4 Å². The largest absolute Gasteiger partial charge is 0.324 e. The quantitative estimate of drug-likeness (QED) is 0.788. The summed E-state index contributed by atoms with van der Waals surface area (Å²) in [6.07, 6.45) is 3.12. The second-order valence-electron chi connectivity index (χ2n) is 6.84. The van der Waals surface area contributed by atoms with E-state index in [0.717, 1.165) is 32.4 Å². The number of piperidine rings is 1. The zero-order valence-corrected chi connectivity index (χ0v) is 14.7. The molecule has 1 saturated heterocycles. The lowest BCUT2D eigenvalue weighted by molar-refractivity contribution is -0.118. The van der Waals surface area contributed by atoms with Crippen LogP contribution in [-0.2, 0) is 4.79 Å². The van der Waals surface area contributed by atoms with Crippen molar-refractivity contribution < 1.29 is 9.59 Å². The minimum atomic E-state index is -0.155. The molecule has 6 heteroatoms. The van der Waals surface area contributed by atoms with Crippen LogP contribution in [0.2, 0.25) is 0 Å². The molecule has 1 saturated carbocycles. The zero-order valence-electron chi connectivity index (χ0n) is 13.9. The van der Waals surface area contributed by atoms with Crippen LogP contribution in [0.25, 0.3) is 0 Å². The van der Waals surface area contributed by atoms with E-state index >= 15 is 0 Å². The maximum absolute atomic E-state index is 12.7. The Morgan fingerprint density at radius 2 is 1.76 bits per heavy atom. The van der Waals surface area contributed by atoms with Gasteiger partial charge in [-0.1, -0.05) is 18.2 Å². The Kier molecular flexibility index (Phi) is 4.31. The Balaban J connectivity index is 1.44. The minimum Gasteiger partial charge on any atom is -0.324 e. The van der Waals surface area contributed by atoms with E-state index in [1.165, 1.54) is 11.3 Å². The SMILES string of the molecule is O=C(Nc1ccccc1NC(=O)C1CC12CCNCC2)c1cccs1. The van der Waals surface area contributed by atoms with Gasteiger partial charge in [-0.05, 0) is 61.3 Å². The van der Waals surface area contributed by atoms with Gasteiger partial charge in [-0.3, -0.25) is 9.59 Å². The predicted octanol–water partition coefficient (Wildman–Crippen LogP) is 3.33. The molecule has 2 aliphatic rings. The highest BCUT2D eigenvalue weighted by Crippen LogP contribution is 2.58. The number of nitrogens with one attached hydrogen (secondary N) is 3. The summed E-state index contributed by atoms with van der Waals surface area (Å²) in [6, 6.07) is 11.0. The van der Waals surface area contributed by atoms with Crippen LogP contribution < -0.4 is 16.0 Å². The van der Waals surface area contributed by atoms with Crippen LogP contribution in [0.15, 0.2) is 41.8 Å². The monoisotopic (exact) mass is 355 g/mol. The molecule has 2 amide bonds. The fourth-order valence-electron chi connectivity index (χ4n) is 3.71. The molecule has 1 atom stereocenters. The van der Waals surface area contributed by atoms with Crippen molar-refractivity contribution in [3.63, 3.8) is 0 Å². The molecular weight excluding hydrogens is 334 g/mol. The van der Waals surface area contributed by atoms with Gasteiger partial charge in [0.15, 0.2) is 0 Å². The van der Waals surface area contributed by atoms with E-state index in [-0.39, 0.29) is 23.1 Å². The van der Waals surface area contributed by atoms with Gasteiger partial charge in [-0.25, -0.2) is 0 Å². The van der Waals surface area contributed by atoms with Crippen LogP contribution in [0.1, 0.15) is 28.9 Å². The first kappa shape index (κ1) is 16.3. The smallest absolute Gasteiger partial charge is 0.265 e. The molecule has 5 nitrogen and oxygen atoms in total. The van der Waals surface area contributed by atoms with E-state index in [0.29, 0.717) is 16.3 Å². The molecular formula is C19H21N3O2S. The van der Waals surface area contributed by atoms with Crippen molar-refractivity contribution in [1.82, 2.24) is 5.32 Å². The summed E-state index contributed by atoms with van der Waals surface area (Å²) in [5, 5.41) is 11.1. The van der Waals surface area contributed by atoms with Gasteiger partial charge in [0.25, 0.3) is 5.91 Å². The summed E-state index contributed by atoms with van der Waals surface area (Å²) in [4.78, 5) is 25.6. The first-order valence-corrected chi connectivity index (χ1v) is 9.51. The van der Waals surface area contributed by atoms with Crippen LogP contribution >= 0.6 is 11.3 Å². The van der Waals surface area contributed by atoms with E-state index in [2.05, 4.69) is 16.0 Å². The Morgan fingerprint density at radius 1 is 1.04 bits per heavy atom. The molecule has 2 aromatic rings. The molecule has 4 rings (SSSR count). The van der Waals surface area contributed by atoms with Crippen molar-refractivity contribution in [2.24, 2.45) is 11.3 Å². The number of para-hydroxylation sites is 2. The Labute approximate surface area is 150 Å². The molecule has 1 aromatic heterocycles. The summed E-state index contributed by atoms with van der Waals surface area (Å²) in [6.45, 7) is 1.99. The maximum Gasteiger partial charge on any atom is 0.265 e. The number of hydrogen-bond acceptors (Lipinski definition) is 4. The Bertz CT molecular complexity index is 782. The number of rotatable bonds is 4. The molecule has 1 spiro atoms. The van der Waals surface area contributed by atoms with Crippen LogP contribution in [-0.4, -0.2) is 24.9 Å². The summed E-state index contributed by atoms with van der Waals surface area (Å²) in [7, 11) is 0. The van der Waals surface area contributed by atoms with Gasteiger partial charge in [-0.15, -0.1) is 11.3 Å².